The molecular weight excluding hydrogens is 697 g/mol. The fourth-order valence-electron chi connectivity index (χ4n) is 10.1. The first-order valence-corrected chi connectivity index (χ1v) is 19.4. The average Bonchev–Trinajstić information content (AvgIpc) is 4.00. The van der Waals surface area contributed by atoms with Crippen LogP contribution in [-0.2, 0) is 5.41 Å². The van der Waals surface area contributed by atoms with Gasteiger partial charge in [-0.3, -0.25) is 4.57 Å². The second-order valence-electron chi connectivity index (χ2n) is 15.0. The molecule has 2 aliphatic carbocycles. The maximum atomic E-state index is 6.34. The minimum Gasteiger partial charge on any atom is -0.456 e. The quantitative estimate of drug-likeness (QED) is 0.182. The Morgan fingerprint density at radius 3 is 1.72 bits per heavy atom. The van der Waals surface area contributed by atoms with Gasteiger partial charge in [0.05, 0.1) is 16.4 Å². The summed E-state index contributed by atoms with van der Waals surface area (Å²) in [7, 11) is 0. The van der Waals surface area contributed by atoms with E-state index in [-0.39, 0.29) is 0 Å². The predicted octanol–water partition coefficient (Wildman–Crippen LogP) is 12.5. The van der Waals surface area contributed by atoms with Gasteiger partial charge < -0.3 is 4.42 Å². The van der Waals surface area contributed by atoms with E-state index in [0.717, 1.165) is 49.5 Å². The Morgan fingerprint density at radius 2 is 0.965 bits per heavy atom. The summed E-state index contributed by atoms with van der Waals surface area (Å²) in [5, 5.41) is 4.38. The van der Waals surface area contributed by atoms with Gasteiger partial charge in [0.2, 0.25) is 5.95 Å². The first kappa shape index (κ1) is 30.7. The molecule has 0 N–H and O–H groups in total. The Balaban J connectivity index is 1.16. The topological polar surface area (TPSA) is 56.7 Å². The highest BCUT2D eigenvalue weighted by Gasteiger charge is 2.52. The van der Waals surface area contributed by atoms with Crippen LogP contribution in [0.25, 0.3) is 94.7 Å². The number of para-hydroxylation sites is 2. The molecule has 1 spiro atoms. The van der Waals surface area contributed by atoms with Crippen molar-refractivity contribution in [2.75, 3.05) is 0 Å². The normalized spacial score (nSPS) is 13.4. The molecular formula is C52H30N4O. The molecule has 0 bridgehead atoms. The van der Waals surface area contributed by atoms with Gasteiger partial charge in [-0.25, -0.2) is 4.98 Å². The van der Waals surface area contributed by atoms with Crippen molar-refractivity contribution < 1.29 is 4.42 Å². The molecule has 0 aliphatic heterocycles. The van der Waals surface area contributed by atoms with E-state index in [4.69, 9.17) is 19.4 Å². The van der Waals surface area contributed by atoms with Gasteiger partial charge in [0.25, 0.3) is 0 Å². The van der Waals surface area contributed by atoms with Crippen molar-refractivity contribution in [1.29, 1.82) is 0 Å². The second kappa shape index (κ2) is 11.2. The van der Waals surface area contributed by atoms with Gasteiger partial charge in [0.15, 0.2) is 11.6 Å². The standard InChI is InChI=1S/C52H30N4O/c1-2-15-31(16-3-1)49-53-50(38-22-14-28-45-46(38)37-21-8-13-27-44(37)57-45)55-51(54-49)56-42-26-12-7-20-36(42)47-43(56)30-29-35-34-19-6-11-25-41(34)52(48(35)47)39-23-9-4-17-32(39)33-18-5-10-24-40(33)52/h1-30H. The predicted molar refractivity (Wildman–Crippen MR) is 229 cm³/mol. The zero-order valence-corrected chi connectivity index (χ0v) is 30.5. The second-order valence-corrected chi connectivity index (χ2v) is 15.0. The van der Waals surface area contributed by atoms with Crippen LogP contribution in [0.2, 0.25) is 0 Å². The lowest BCUT2D eigenvalue weighted by Crippen LogP contribution is -2.26. The van der Waals surface area contributed by atoms with Crippen LogP contribution in [0.15, 0.2) is 186 Å². The lowest BCUT2D eigenvalue weighted by Gasteiger charge is -2.31. The third-order valence-corrected chi connectivity index (χ3v) is 12.3. The molecule has 11 aromatic rings. The molecule has 0 saturated heterocycles. The van der Waals surface area contributed by atoms with Crippen LogP contribution < -0.4 is 0 Å². The summed E-state index contributed by atoms with van der Waals surface area (Å²) in [6.45, 7) is 0. The van der Waals surface area contributed by atoms with Crippen molar-refractivity contribution in [3.05, 3.63) is 204 Å². The number of aromatic nitrogens is 4. The van der Waals surface area contributed by atoms with Crippen LogP contribution >= 0.6 is 0 Å². The van der Waals surface area contributed by atoms with Crippen molar-refractivity contribution in [2.24, 2.45) is 0 Å². The highest BCUT2D eigenvalue weighted by Crippen LogP contribution is 2.64. The maximum absolute atomic E-state index is 6.34. The van der Waals surface area contributed by atoms with E-state index in [2.05, 4.69) is 138 Å². The zero-order chi connectivity index (χ0) is 37.2. The summed E-state index contributed by atoms with van der Waals surface area (Å²) in [5.74, 6) is 1.76. The van der Waals surface area contributed by atoms with Gasteiger partial charge in [-0.2, -0.15) is 9.97 Å². The Hall–Kier alpha value is -7.63. The number of nitrogens with zero attached hydrogens (tertiary/aromatic N) is 4. The molecule has 13 rings (SSSR count). The fraction of sp³-hybridized carbons (Fsp3) is 0.0192. The molecule has 5 heteroatoms. The molecule has 3 heterocycles. The van der Waals surface area contributed by atoms with Gasteiger partial charge in [-0.15, -0.1) is 0 Å². The van der Waals surface area contributed by atoms with Crippen molar-refractivity contribution in [3.8, 4) is 51.0 Å². The van der Waals surface area contributed by atoms with E-state index in [9.17, 15) is 0 Å². The average molecular weight is 727 g/mol. The Kier molecular flexibility index (Phi) is 6.04. The highest BCUT2D eigenvalue weighted by atomic mass is 16.3. The summed E-state index contributed by atoms with van der Waals surface area (Å²) in [6, 6.07) is 64.7. The molecule has 0 atom stereocenters. The molecule has 8 aromatic carbocycles. The minimum absolute atomic E-state index is 0.509. The van der Waals surface area contributed by atoms with Crippen LogP contribution in [0, 0.1) is 0 Å². The molecule has 0 fully saturated rings. The number of furan rings is 1. The van der Waals surface area contributed by atoms with Crippen LogP contribution in [-0.4, -0.2) is 19.5 Å². The smallest absolute Gasteiger partial charge is 0.238 e. The molecule has 2 aliphatic rings. The van der Waals surface area contributed by atoms with E-state index in [1.165, 1.54) is 49.9 Å². The van der Waals surface area contributed by atoms with Crippen LogP contribution in [0.4, 0.5) is 0 Å². The lowest BCUT2D eigenvalue weighted by molar-refractivity contribution is 0.669. The summed E-state index contributed by atoms with van der Waals surface area (Å²) in [5.41, 5.74) is 15.4. The summed E-state index contributed by atoms with van der Waals surface area (Å²) >= 11 is 0. The van der Waals surface area contributed by atoms with Gasteiger partial charge in [-0.05, 0) is 68.8 Å². The van der Waals surface area contributed by atoms with E-state index in [0.29, 0.717) is 17.6 Å². The number of benzene rings is 8. The number of rotatable bonds is 3. The zero-order valence-electron chi connectivity index (χ0n) is 30.5. The van der Waals surface area contributed by atoms with Gasteiger partial charge in [-0.1, -0.05) is 158 Å². The SMILES string of the molecule is c1ccc(-c2nc(-c3cccc4oc5ccccc5c34)nc(-n3c4ccccc4c4c5c(ccc43)-c3ccccc3C53c4ccccc4-c4ccccc43)n2)cc1. The summed E-state index contributed by atoms with van der Waals surface area (Å²) < 4.78 is 8.59. The first-order valence-electron chi connectivity index (χ1n) is 19.4. The highest BCUT2D eigenvalue weighted by molar-refractivity contribution is 6.16. The number of hydrogen-bond acceptors (Lipinski definition) is 4. The third-order valence-electron chi connectivity index (χ3n) is 12.3. The third kappa shape index (κ3) is 3.94. The van der Waals surface area contributed by atoms with Crippen molar-refractivity contribution in [2.45, 2.75) is 5.41 Å². The number of fused-ring (bicyclic) bond motifs is 17. The minimum atomic E-state index is -0.509. The summed E-state index contributed by atoms with van der Waals surface area (Å²) in [4.78, 5) is 15.9. The van der Waals surface area contributed by atoms with E-state index < -0.39 is 5.41 Å². The van der Waals surface area contributed by atoms with Crippen LogP contribution in [0.3, 0.4) is 0 Å². The molecule has 3 aromatic heterocycles. The van der Waals surface area contributed by atoms with Crippen LogP contribution in [0.5, 0.6) is 0 Å². The maximum Gasteiger partial charge on any atom is 0.238 e. The fourth-order valence-corrected chi connectivity index (χ4v) is 10.1. The van der Waals surface area contributed by atoms with Crippen LogP contribution in [0.1, 0.15) is 22.3 Å². The Bertz CT molecular complexity index is 3420. The lowest BCUT2D eigenvalue weighted by atomic mass is 9.69. The molecule has 5 nitrogen and oxygen atoms in total. The van der Waals surface area contributed by atoms with E-state index >= 15 is 0 Å². The molecule has 0 amide bonds. The first-order chi connectivity index (χ1) is 28.3. The molecule has 0 saturated carbocycles. The molecule has 57 heavy (non-hydrogen) atoms. The Morgan fingerprint density at radius 1 is 0.386 bits per heavy atom. The van der Waals surface area contributed by atoms with E-state index in [1.807, 2.05) is 48.5 Å². The molecule has 0 unspecified atom stereocenters. The summed E-state index contributed by atoms with van der Waals surface area (Å²) in [6.07, 6.45) is 0. The number of hydrogen-bond donors (Lipinski definition) is 0. The monoisotopic (exact) mass is 726 g/mol. The van der Waals surface area contributed by atoms with Gasteiger partial charge in [0, 0.05) is 32.7 Å². The van der Waals surface area contributed by atoms with Gasteiger partial charge >= 0.3 is 0 Å². The van der Waals surface area contributed by atoms with Crippen molar-refractivity contribution in [1.82, 2.24) is 19.5 Å². The largest absolute Gasteiger partial charge is 0.456 e. The van der Waals surface area contributed by atoms with Crippen molar-refractivity contribution >= 4 is 43.7 Å². The molecule has 0 radical (unpaired) electrons. The van der Waals surface area contributed by atoms with Gasteiger partial charge in [0.1, 0.15) is 11.2 Å². The molecule has 264 valence electrons. The van der Waals surface area contributed by atoms with Crippen molar-refractivity contribution in [3.63, 3.8) is 0 Å². The van der Waals surface area contributed by atoms with E-state index in [1.54, 1.807) is 0 Å². The Labute approximate surface area is 327 Å².